The van der Waals surface area contributed by atoms with E-state index < -0.39 is 0 Å². The van der Waals surface area contributed by atoms with Crippen LogP contribution in [-0.4, -0.2) is 73.0 Å². The van der Waals surface area contributed by atoms with E-state index in [1.807, 2.05) is 11.8 Å². The predicted molar refractivity (Wildman–Crippen MR) is 119 cm³/mol. The molecule has 0 aromatic rings. The normalized spacial score (nSPS) is 25.5. The number of carbonyl (C=O) groups excluding carboxylic acids is 1. The molecule has 6 nitrogen and oxygen atoms in total. The van der Waals surface area contributed by atoms with E-state index in [2.05, 4.69) is 36.3 Å². The number of carbonyl (C=O) groups is 1. The Morgan fingerprint density at radius 1 is 1.23 bits per heavy atom. The van der Waals surface area contributed by atoms with Gasteiger partial charge < -0.3 is 15.5 Å². The first-order valence-corrected chi connectivity index (χ1v) is 10.1. The number of nitrogens with one attached hydrogen (secondary N) is 2. The van der Waals surface area contributed by atoms with Gasteiger partial charge in [-0.15, -0.1) is 24.0 Å². The summed E-state index contributed by atoms with van der Waals surface area (Å²) in [5.41, 5.74) is 0. The standard InChI is InChI=1S/C19H37N5O.HI/c1-5-18(25)24-11-9-17(14-24)22-19(20-6-2)21-12-16(4)23-10-7-8-15(3)13-23;/h15-17H,5-14H2,1-4H3,(H2,20,21,22);1H. The van der Waals surface area contributed by atoms with Crippen LogP contribution in [0.25, 0.3) is 0 Å². The second-order valence-electron chi connectivity index (χ2n) is 7.63. The summed E-state index contributed by atoms with van der Waals surface area (Å²) >= 11 is 0. The number of guanidine groups is 1. The number of piperidine rings is 1. The molecule has 0 radical (unpaired) electrons. The summed E-state index contributed by atoms with van der Waals surface area (Å²) in [4.78, 5) is 21.2. The van der Waals surface area contributed by atoms with Crippen molar-refractivity contribution < 1.29 is 4.79 Å². The fourth-order valence-electron chi connectivity index (χ4n) is 3.81. The maximum atomic E-state index is 11.8. The van der Waals surface area contributed by atoms with Crippen molar-refractivity contribution in [2.75, 3.05) is 39.3 Å². The molecule has 0 saturated carbocycles. The van der Waals surface area contributed by atoms with Gasteiger partial charge in [-0.25, -0.2) is 0 Å². The lowest BCUT2D eigenvalue weighted by Gasteiger charge is -2.35. The molecule has 2 saturated heterocycles. The molecule has 7 heteroatoms. The predicted octanol–water partition coefficient (Wildman–Crippen LogP) is 2.29. The maximum absolute atomic E-state index is 11.8. The first-order valence-electron chi connectivity index (χ1n) is 10.1. The van der Waals surface area contributed by atoms with Crippen molar-refractivity contribution in [1.29, 1.82) is 0 Å². The molecular formula is C19H38IN5O. The SMILES string of the molecule is CCNC(=NCC(C)N1CCCC(C)C1)NC1CCN(C(=O)CC)C1.I. The number of halogens is 1. The van der Waals surface area contributed by atoms with Gasteiger partial charge in [0.15, 0.2) is 5.96 Å². The minimum atomic E-state index is 0. The van der Waals surface area contributed by atoms with Gasteiger partial charge in [0.1, 0.15) is 0 Å². The minimum Gasteiger partial charge on any atom is -0.357 e. The van der Waals surface area contributed by atoms with Crippen molar-refractivity contribution in [3.8, 4) is 0 Å². The summed E-state index contributed by atoms with van der Waals surface area (Å²) in [6.45, 7) is 14.3. The van der Waals surface area contributed by atoms with Crippen LogP contribution >= 0.6 is 24.0 Å². The summed E-state index contributed by atoms with van der Waals surface area (Å²) < 4.78 is 0. The summed E-state index contributed by atoms with van der Waals surface area (Å²) in [5, 5.41) is 6.87. The van der Waals surface area contributed by atoms with Crippen LogP contribution < -0.4 is 10.6 Å². The van der Waals surface area contributed by atoms with Crippen LogP contribution in [0.3, 0.4) is 0 Å². The molecule has 0 aromatic heterocycles. The Hall–Kier alpha value is -0.570. The van der Waals surface area contributed by atoms with Crippen molar-refractivity contribution in [3.63, 3.8) is 0 Å². The van der Waals surface area contributed by atoms with Gasteiger partial charge in [0, 0.05) is 44.7 Å². The molecule has 26 heavy (non-hydrogen) atoms. The zero-order valence-electron chi connectivity index (χ0n) is 17.0. The van der Waals surface area contributed by atoms with Gasteiger partial charge in [-0.1, -0.05) is 13.8 Å². The smallest absolute Gasteiger partial charge is 0.222 e. The average molecular weight is 479 g/mol. The molecule has 0 aromatic carbocycles. The highest BCUT2D eigenvalue weighted by Gasteiger charge is 2.26. The van der Waals surface area contributed by atoms with Gasteiger partial charge in [0.25, 0.3) is 0 Å². The number of likely N-dealkylation sites (tertiary alicyclic amines) is 2. The van der Waals surface area contributed by atoms with Gasteiger partial charge in [-0.05, 0) is 45.6 Å². The Labute approximate surface area is 176 Å². The Morgan fingerprint density at radius 3 is 2.65 bits per heavy atom. The van der Waals surface area contributed by atoms with Crippen LogP contribution in [0.5, 0.6) is 0 Å². The van der Waals surface area contributed by atoms with Gasteiger partial charge in [0.05, 0.1) is 6.54 Å². The molecule has 2 fully saturated rings. The molecule has 2 heterocycles. The van der Waals surface area contributed by atoms with Crippen molar-refractivity contribution in [2.45, 2.75) is 65.5 Å². The summed E-state index contributed by atoms with van der Waals surface area (Å²) in [5.74, 6) is 1.93. The number of rotatable bonds is 6. The average Bonchev–Trinajstić information content (AvgIpc) is 3.07. The Balaban J connectivity index is 0.00000338. The molecule has 152 valence electrons. The molecule has 0 spiro atoms. The zero-order valence-corrected chi connectivity index (χ0v) is 19.3. The second-order valence-corrected chi connectivity index (χ2v) is 7.63. The van der Waals surface area contributed by atoms with Crippen LogP contribution in [0.2, 0.25) is 0 Å². The molecule has 2 aliphatic heterocycles. The first kappa shape index (κ1) is 23.5. The number of aliphatic imine (C=N–C) groups is 1. The number of hydrogen-bond donors (Lipinski definition) is 2. The molecule has 2 aliphatic rings. The highest BCUT2D eigenvalue weighted by Crippen LogP contribution is 2.17. The maximum Gasteiger partial charge on any atom is 0.222 e. The van der Waals surface area contributed by atoms with Crippen molar-refractivity contribution in [3.05, 3.63) is 0 Å². The Kier molecular flexibility index (Phi) is 10.8. The molecular weight excluding hydrogens is 441 g/mol. The highest BCUT2D eigenvalue weighted by atomic mass is 127. The lowest BCUT2D eigenvalue weighted by Crippen LogP contribution is -2.46. The second kappa shape index (κ2) is 12.0. The molecule has 0 aliphatic carbocycles. The van der Waals surface area contributed by atoms with Crippen LogP contribution in [0.15, 0.2) is 4.99 Å². The number of nitrogens with zero attached hydrogens (tertiary/aromatic N) is 3. The van der Waals surface area contributed by atoms with Crippen LogP contribution in [-0.2, 0) is 4.79 Å². The molecule has 2 N–H and O–H groups in total. The Morgan fingerprint density at radius 2 is 2.00 bits per heavy atom. The topological polar surface area (TPSA) is 60.0 Å². The quantitative estimate of drug-likeness (QED) is 0.349. The van der Waals surface area contributed by atoms with Crippen molar-refractivity contribution >= 4 is 35.8 Å². The van der Waals surface area contributed by atoms with E-state index in [9.17, 15) is 4.79 Å². The van der Waals surface area contributed by atoms with E-state index in [-0.39, 0.29) is 29.9 Å². The van der Waals surface area contributed by atoms with E-state index >= 15 is 0 Å². The van der Waals surface area contributed by atoms with E-state index in [1.54, 1.807) is 0 Å². The lowest BCUT2D eigenvalue weighted by atomic mass is 9.99. The summed E-state index contributed by atoms with van der Waals surface area (Å²) in [7, 11) is 0. The van der Waals surface area contributed by atoms with E-state index in [1.165, 1.54) is 25.9 Å². The van der Waals surface area contributed by atoms with Gasteiger partial charge >= 0.3 is 0 Å². The van der Waals surface area contributed by atoms with Crippen LogP contribution in [0, 0.1) is 5.92 Å². The number of amides is 1. The van der Waals surface area contributed by atoms with Gasteiger partial charge in [-0.2, -0.15) is 0 Å². The van der Waals surface area contributed by atoms with Crippen molar-refractivity contribution in [1.82, 2.24) is 20.4 Å². The number of hydrogen-bond acceptors (Lipinski definition) is 3. The van der Waals surface area contributed by atoms with E-state index in [0.29, 0.717) is 18.5 Å². The highest BCUT2D eigenvalue weighted by molar-refractivity contribution is 14.0. The lowest BCUT2D eigenvalue weighted by molar-refractivity contribution is -0.129. The van der Waals surface area contributed by atoms with Gasteiger partial charge in [0.2, 0.25) is 5.91 Å². The zero-order chi connectivity index (χ0) is 18.2. The Bertz CT molecular complexity index is 459. The summed E-state index contributed by atoms with van der Waals surface area (Å²) in [6.07, 6.45) is 4.24. The molecule has 1 amide bonds. The van der Waals surface area contributed by atoms with Gasteiger partial charge in [-0.3, -0.25) is 14.7 Å². The fourth-order valence-corrected chi connectivity index (χ4v) is 3.81. The third-order valence-electron chi connectivity index (χ3n) is 5.35. The third kappa shape index (κ3) is 7.21. The molecule has 0 bridgehead atoms. The largest absolute Gasteiger partial charge is 0.357 e. The fraction of sp³-hybridized carbons (Fsp3) is 0.895. The molecule has 3 unspecified atom stereocenters. The minimum absolute atomic E-state index is 0. The summed E-state index contributed by atoms with van der Waals surface area (Å²) in [6, 6.07) is 0.776. The van der Waals surface area contributed by atoms with Crippen LogP contribution in [0.4, 0.5) is 0 Å². The molecule has 2 rings (SSSR count). The molecule has 3 atom stereocenters. The monoisotopic (exact) mass is 479 g/mol. The van der Waals surface area contributed by atoms with E-state index in [4.69, 9.17) is 4.99 Å². The van der Waals surface area contributed by atoms with E-state index in [0.717, 1.165) is 44.5 Å². The van der Waals surface area contributed by atoms with Crippen LogP contribution in [0.1, 0.15) is 53.4 Å². The first-order chi connectivity index (χ1) is 12.0. The third-order valence-corrected chi connectivity index (χ3v) is 5.35. The van der Waals surface area contributed by atoms with Crippen molar-refractivity contribution in [2.24, 2.45) is 10.9 Å².